The predicted molar refractivity (Wildman–Crippen MR) is 75.6 cm³/mol. The fourth-order valence-electron chi connectivity index (χ4n) is 1.81. The van der Waals surface area contributed by atoms with Crippen molar-refractivity contribution in [3.63, 3.8) is 0 Å². The molecule has 0 radical (unpaired) electrons. The molecule has 100 valence electrons. The van der Waals surface area contributed by atoms with Crippen LogP contribution in [0.25, 0.3) is 17.1 Å². The summed E-state index contributed by atoms with van der Waals surface area (Å²) in [6.45, 7) is 0. The van der Waals surface area contributed by atoms with Crippen LogP contribution in [-0.4, -0.2) is 26.9 Å². The lowest BCUT2D eigenvalue weighted by Crippen LogP contribution is -2.02. The van der Waals surface area contributed by atoms with Crippen LogP contribution in [0.3, 0.4) is 0 Å². The normalized spacial score (nSPS) is 10.4. The maximum Gasteiger partial charge on any atom is 0.253 e. The third-order valence-corrected chi connectivity index (χ3v) is 2.86. The minimum absolute atomic E-state index is 0.464. The van der Waals surface area contributed by atoms with Gasteiger partial charge in [-0.05, 0) is 17.7 Å². The van der Waals surface area contributed by atoms with E-state index >= 15 is 0 Å². The number of nitrogen functional groups attached to an aromatic ring is 1. The van der Waals surface area contributed by atoms with Gasteiger partial charge in [0.1, 0.15) is 0 Å². The molecule has 0 saturated heterocycles. The summed E-state index contributed by atoms with van der Waals surface area (Å²) in [7, 11) is 1.56. The van der Waals surface area contributed by atoms with E-state index in [1.54, 1.807) is 30.3 Å². The lowest BCUT2D eigenvalue weighted by atomic mass is 10.1. The number of aromatic nitrogens is 4. The SMILES string of the molecule is COc1ccnc(-n2cc(-c3ccc(N)cc3)cn2)n1. The molecule has 0 atom stereocenters. The van der Waals surface area contributed by atoms with Crippen molar-refractivity contribution in [1.82, 2.24) is 19.7 Å². The number of hydrogen-bond donors (Lipinski definition) is 1. The lowest BCUT2D eigenvalue weighted by molar-refractivity contribution is 0.395. The fourth-order valence-corrected chi connectivity index (χ4v) is 1.81. The summed E-state index contributed by atoms with van der Waals surface area (Å²) in [6, 6.07) is 9.30. The van der Waals surface area contributed by atoms with E-state index < -0.39 is 0 Å². The summed E-state index contributed by atoms with van der Waals surface area (Å²) in [5.74, 6) is 0.963. The summed E-state index contributed by atoms with van der Waals surface area (Å²) in [5.41, 5.74) is 8.42. The van der Waals surface area contributed by atoms with Crippen molar-refractivity contribution in [2.24, 2.45) is 0 Å². The Bertz CT molecular complexity index is 720. The summed E-state index contributed by atoms with van der Waals surface area (Å²) >= 11 is 0. The predicted octanol–water partition coefficient (Wildman–Crippen LogP) is 1.92. The van der Waals surface area contributed by atoms with Gasteiger partial charge in [0.05, 0.1) is 13.3 Å². The fraction of sp³-hybridized carbons (Fsp3) is 0.0714. The van der Waals surface area contributed by atoms with Crippen molar-refractivity contribution >= 4 is 5.69 Å². The Kier molecular flexibility index (Phi) is 3.04. The Balaban J connectivity index is 1.95. The van der Waals surface area contributed by atoms with Gasteiger partial charge in [-0.25, -0.2) is 9.67 Å². The van der Waals surface area contributed by atoms with Crippen molar-refractivity contribution in [2.45, 2.75) is 0 Å². The molecule has 0 aliphatic rings. The number of rotatable bonds is 3. The average Bonchev–Trinajstić information content (AvgIpc) is 2.98. The molecule has 3 aromatic rings. The van der Waals surface area contributed by atoms with E-state index in [9.17, 15) is 0 Å². The number of nitrogens with zero attached hydrogens (tertiary/aromatic N) is 4. The van der Waals surface area contributed by atoms with Crippen LogP contribution in [0, 0.1) is 0 Å². The van der Waals surface area contributed by atoms with Crippen molar-refractivity contribution in [2.75, 3.05) is 12.8 Å². The third kappa shape index (κ3) is 2.31. The molecule has 0 aliphatic carbocycles. The molecule has 20 heavy (non-hydrogen) atoms. The molecule has 0 amide bonds. The number of ether oxygens (including phenoxy) is 1. The average molecular weight is 267 g/mol. The molecule has 0 unspecified atom stereocenters. The summed E-state index contributed by atoms with van der Waals surface area (Å²) < 4.78 is 6.68. The Hall–Kier alpha value is -2.89. The molecule has 6 heteroatoms. The molecule has 3 rings (SSSR count). The first-order valence-corrected chi connectivity index (χ1v) is 6.04. The largest absolute Gasteiger partial charge is 0.481 e. The molecule has 2 heterocycles. The summed E-state index contributed by atoms with van der Waals surface area (Å²) in [4.78, 5) is 8.40. The third-order valence-electron chi connectivity index (χ3n) is 2.86. The van der Waals surface area contributed by atoms with E-state index in [4.69, 9.17) is 10.5 Å². The molecule has 6 nitrogen and oxygen atoms in total. The minimum atomic E-state index is 0.464. The lowest BCUT2D eigenvalue weighted by Gasteiger charge is -2.01. The van der Waals surface area contributed by atoms with Gasteiger partial charge in [0.15, 0.2) is 0 Å². The van der Waals surface area contributed by atoms with E-state index in [0.29, 0.717) is 11.8 Å². The van der Waals surface area contributed by atoms with Crippen LogP contribution in [0.1, 0.15) is 0 Å². The molecule has 0 bridgehead atoms. The monoisotopic (exact) mass is 267 g/mol. The number of hydrogen-bond acceptors (Lipinski definition) is 5. The first kappa shape index (κ1) is 12.2. The molecular weight excluding hydrogens is 254 g/mol. The number of anilines is 1. The van der Waals surface area contributed by atoms with E-state index in [-0.39, 0.29) is 0 Å². The topological polar surface area (TPSA) is 78.9 Å². The second-order valence-corrected chi connectivity index (χ2v) is 4.19. The van der Waals surface area contributed by atoms with Crippen LogP contribution in [0.15, 0.2) is 48.9 Å². The molecule has 0 aliphatic heterocycles. The summed E-state index contributed by atoms with van der Waals surface area (Å²) in [5, 5.41) is 4.27. The van der Waals surface area contributed by atoms with Gasteiger partial charge >= 0.3 is 0 Å². The Morgan fingerprint density at radius 3 is 2.65 bits per heavy atom. The van der Waals surface area contributed by atoms with Crippen molar-refractivity contribution < 1.29 is 4.74 Å². The Morgan fingerprint density at radius 2 is 1.90 bits per heavy atom. The second-order valence-electron chi connectivity index (χ2n) is 4.19. The van der Waals surface area contributed by atoms with Crippen LogP contribution in [0.2, 0.25) is 0 Å². The van der Waals surface area contributed by atoms with Crippen LogP contribution in [0.5, 0.6) is 5.88 Å². The maximum atomic E-state index is 5.68. The molecule has 2 N–H and O–H groups in total. The van der Waals surface area contributed by atoms with Gasteiger partial charge < -0.3 is 10.5 Å². The van der Waals surface area contributed by atoms with E-state index in [0.717, 1.165) is 16.8 Å². The van der Waals surface area contributed by atoms with E-state index in [1.165, 1.54) is 0 Å². The Labute approximate surface area is 115 Å². The number of nitrogens with two attached hydrogens (primary N) is 1. The van der Waals surface area contributed by atoms with Crippen molar-refractivity contribution in [1.29, 1.82) is 0 Å². The molecule has 0 fully saturated rings. The Morgan fingerprint density at radius 1 is 1.10 bits per heavy atom. The van der Waals surface area contributed by atoms with Crippen LogP contribution < -0.4 is 10.5 Å². The van der Waals surface area contributed by atoms with Gasteiger partial charge in [-0.3, -0.25) is 0 Å². The molecule has 1 aromatic carbocycles. The molecular formula is C14H13N5O. The maximum absolute atomic E-state index is 5.68. The van der Waals surface area contributed by atoms with Gasteiger partial charge in [0, 0.05) is 29.7 Å². The minimum Gasteiger partial charge on any atom is -0.481 e. The number of methoxy groups -OCH3 is 1. The smallest absolute Gasteiger partial charge is 0.253 e. The first-order valence-electron chi connectivity index (χ1n) is 6.04. The van der Waals surface area contributed by atoms with Crippen LogP contribution >= 0.6 is 0 Å². The highest BCUT2D eigenvalue weighted by Gasteiger charge is 2.06. The first-order chi connectivity index (χ1) is 9.76. The standard InChI is InChI=1S/C14H13N5O/c1-20-13-6-7-16-14(18-13)19-9-11(8-17-19)10-2-4-12(15)5-3-10/h2-9H,15H2,1H3. The van der Waals surface area contributed by atoms with Gasteiger partial charge in [-0.2, -0.15) is 10.1 Å². The van der Waals surface area contributed by atoms with Crippen LogP contribution in [-0.2, 0) is 0 Å². The highest BCUT2D eigenvalue weighted by molar-refractivity contribution is 5.64. The quantitative estimate of drug-likeness (QED) is 0.733. The van der Waals surface area contributed by atoms with Gasteiger partial charge in [0.25, 0.3) is 5.95 Å². The van der Waals surface area contributed by atoms with Gasteiger partial charge in [-0.1, -0.05) is 12.1 Å². The van der Waals surface area contributed by atoms with Crippen molar-refractivity contribution in [3.8, 4) is 23.0 Å². The molecule has 0 spiro atoms. The zero-order valence-electron chi connectivity index (χ0n) is 10.9. The number of benzene rings is 1. The van der Waals surface area contributed by atoms with Crippen LogP contribution in [0.4, 0.5) is 5.69 Å². The van der Waals surface area contributed by atoms with Gasteiger partial charge in [-0.15, -0.1) is 0 Å². The second kappa shape index (κ2) is 5.00. The van der Waals surface area contributed by atoms with Gasteiger partial charge in [0.2, 0.25) is 5.88 Å². The highest BCUT2D eigenvalue weighted by Crippen LogP contribution is 2.20. The summed E-state index contributed by atoms with van der Waals surface area (Å²) in [6.07, 6.45) is 5.25. The zero-order chi connectivity index (χ0) is 13.9. The van der Waals surface area contributed by atoms with E-state index in [2.05, 4.69) is 15.1 Å². The molecule has 0 saturated carbocycles. The molecule has 2 aromatic heterocycles. The zero-order valence-corrected chi connectivity index (χ0v) is 10.9. The van der Waals surface area contributed by atoms with E-state index in [1.807, 2.05) is 30.5 Å². The van der Waals surface area contributed by atoms with Crippen molar-refractivity contribution in [3.05, 3.63) is 48.9 Å². The highest BCUT2D eigenvalue weighted by atomic mass is 16.5.